The van der Waals surface area contributed by atoms with Gasteiger partial charge in [0.1, 0.15) is 6.61 Å². The molecule has 3 aromatic rings. The van der Waals surface area contributed by atoms with E-state index in [9.17, 15) is 22.8 Å². The normalized spacial score (nSPS) is 15.9. The standard InChI is InChI=1S/C24H18F3NO5/c25-24(26,27)16-9-6-10-17(13-16)28-22(29)21(15-7-2-1-3-8-15)33-23(30)20-14-31-18-11-4-5-12-19(18)32-20/h1-13,20-21H,14H2,(H,28,29). The lowest BCUT2D eigenvalue weighted by Crippen LogP contribution is -2.39. The number of para-hydroxylation sites is 2. The van der Waals surface area contributed by atoms with Gasteiger partial charge in [-0.3, -0.25) is 4.79 Å². The number of rotatable bonds is 5. The van der Waals surface area contributed by atoms with Gasteiger partial charge in [0.05, 0.1) is 5.56 Å². The molecule has 1 N–H and O–H groups in total. The summed E-state index contributed by atoms with van der Waals surface area (Å²) in [4.78, 5) is 25.7. The molecular weight excluding hydrogens is 439 g/mol. The first-order chi connectivity index (χ1) is 15.8. The molecule has 2 unspecified atom stereocenters. The summed E-state index contributed by atoms with van der Waals surface area (Å²) in [5.74, 6) is -0.831. The Kier molecular flexibility index (Phi) is 6.21. The van der Waals surface area contributed by atoms with Gasteiger partial charge in [-0.25, -0.2) is 4.79 Å². The molecule has 33 heavy (non-hydrogen) atoms. The van der Waals surface area contributed by atoms with Crippen LogP contribution in [-0.2, 0) is 20.5 Å². The van der Waals surface area contributed by atoms with Crippen LogP contribution in [0.15, 0.2) is 78.9 Å². The lowest BCUT2D eigenvalue weighted by Gasteiger charge is -2.26. The molecule has 6 nitrogen and oxygen atoms in total. The second kappa shape index (κ2) is 9.23. The molecule has 1 aliphatic rings. The van der Waals surface area contributed by atoms with E-state index in [4.69, 9.17) is 14.2 Å². The van der Waals surface area contributed by atoms with Crippen LogP contribution in [0.5, 0.6) is 11.5 Å². The predicted molar refractivity (Wildman–Crippen MR) is 112 cm³/mol. The van der Waals surface area contributed by atoms with E-state index >= 15 is 0 Å². The zero-order valence-corrected chi connectivity index (χ0v) is 17.0. The number of esters is 1. The molecule has 4 rings (SSSR count). The Labute approximate surface area is 186 Å². The zero-order valence-electron chi connectivity index (χ0n) is 17.0. The van der Waals surface area contributed by atoms with Crippen LogP contribution in [0.2, 0.25) is 0 Å². The monoisotopic (exact) mass is 457 g/mol. The molecule has 1 amide bonds. The highest BCUT2D eigenvalue weighted by molar-refractivity contribution is 5.96. The Morgan fingerprint density at radius 1 is 0.939 bits per heavy atom. The van der Waals surface area contributed by atoms with Crippen LogP contribution in [0.3, 0.4) is 0 Å². The van der Waals surface area contributed by atoms with E-state index < -0.39 is 35.8 Å². The predicted octanol–water partition coefficient (Wildman–Crippen LogP) is 4.77. The average Bonchev–Trinajstić information content (AvgIpc) is 2.82. The van der Waals surface area contributed by atoms with Crippen molar-refractivity contribution in [1.29, 1.82) is 0 Å². The number of halogens is 3. The molecule has 0 radical (unpaired) electrons. The molecule has 0 aromatic heterocycles. The van der Waals surface area contributed by atoms with Crippen molar-refractivity contribution in [3.8, 4) is 11.5 Å². The molecule has 170 valence electrons. The van der Waals surface area contributed by atoms with Gasteiger partial charge in [0.2, 0.25) is 12.2 Å². The Hall–Kier alpha value is -4.01. The maximum absolute atomic E-state index is 13.0. The lowest BCUT2D eigenvalue weighted by atomic mass is 10.1. The fourth-order valence-corrected chi connectivity index (χ4v) is 3.21. The van der Waals surface area contributed by atoms with Crippen LogP contribution in [-0.4, -0.2) is 24.6 Å². The molecule has 0 saturated heterocycles. The molecule has 3 aromatic carbocycles. The minimum atomic E-state index is -4.57. The Morgan fingerprint density at radius 3 is 2.36 bits per heavy atom. The molecule has 0 fully saturated rings. The van der Waals surface area contributed by atoms with Gasteiger partial charge in [-0.2, -0.15) is 13.2 Å². The SMILES string of the molecule is O=C(OC(C(=O)Nc1cccc(C(F)(F)F)c1)c1ccccc1)C1COc2ccccc2O1. The third-order valence-electron chi connectivity index (χ3n) is 4.80. The Balaban J connectivity index is 1.53. The van der Waals surface area contributed by atoms with Crippen LogP contribution < -0.4 is 14.8 Å². The molecular formula is C24H18F3NO5. The van der Waals surface area contributed by atoms with Crippen LogP contribution in [0.4, 0.5) is 18.9 Å². The molecule has 1 aliphatic heterocycles. The van der Waals surface area contributed by atoms with Crippen molar-refractivity contribution >= 4 is 17.6 Å². The number of alkyl halides is 3. The molecule has 1 heterocycles. The van der Waals surface area contributed by atoms with Gasteiger partial charge in [0.25, 0.3) is 5.91 Å². The molecule has 0 aliphatic carbocycles. The fourth-order valence-electron chi connectivity index (χ4n) is 3.21. The Bertz CT molecular complexity index is 1150. The highest BCUT2D eigenvalue weighted by Gasteiger charge is 2.34. The van der Waals surface area contributed by atoms with E-state index in [-0.39, 0.29) is 12.3 Å². The first kappa shape index (κ1) is 22.2. The number of hydrogen-bond acceptors (Lipinski definition) is 5. The first-order valence-corrected chi connectivity index (χ1v) is 9.93. The quantitative estimate of drug-likeness (QED) is 0.559. The maximum Gasteiger partial charge on any atom is 0.416 e. The second-order valence-corrected chi connectivity index (χ2v) is 7.16. The van der Waals surface area contributed by atoms with Crippen molar-refractivity contribution in [3.63, 3.8) is 0 Å². The van der Waals surface area contributed by atoms with Crippen molar-refractivity contribution < 1.29 is 37.0 Å². The summed E-state index contributed by atoms with van der Waals surface area (Å²) >= 11 is 0. The van der Waals surface area contributed by atoms with Gasteiger partial charge in [0, 0.05) is 11.3 Å². The van der Waals surface area contributed by atoms with E-state index in [2.05, 4.69) is 5.32 Å². The number of hydrogen-bond donors (Lipinski definition) is 1. The fraction of sp³-hybridized carbons (Fsp3) is 0.167. The van der Waals surface area contributed by atoms with Crippen LogP contribution >= 0.6 is 0 Å². The smallest absolute Gasteiger partial charge is 0.416 e. The van der Waals surface area contributed by atoms with Gasteiger partial charge in [-0.05, 0) is 30.3 Å². The summed E-state index contributed by atoms with van der Waals surface area (Å²) in [5.41, 5.74) is -0.662. The number of carbonyl (C=O) groups excluding carboxylic acids is 2. The Morgan fingerprint density at radius 2 is 1.64 bits per heavy atom. The summed E-state index contributed by atoms with van der Waals surface area (Å²) in [6.45, 7) is -0.118. The number of benzene rings is 3. The molecule has 2 atom stereocenters. The van der Waals surface area contributed by atoms with Crippen molar-refractivity contribution in [2.75, 3.05) is 11.9 Å². The van der Waals surface area contributed by atoms with E-state index in [1.807, 2.05) is 0 Å². The third-order valence-corrected chi connectivity index (χ3v) is 4.80. The summed E-state index contributed by atoms with van der Waals surface area (Å²) in [7, 11) is 0. The zero-order chi connectivity index (χ0) is 23.4. The van der Waals surface area contributed by atoms with E-state index in [0.717, 1.165) is 12.1 Å². The van der Waals surface area contributed by atoms with Crippen LogP contribution in [0, 0.1) is 0 Å². The van der Waals surface area contributed by atoms with E-state index in [0.29, 0.717) is 17.1 Å². The minimum absolute atomic E-state index is 0.0852. The molecule has 0 saturated carbocycles. The van der Waals surface area contributed by atoms with Gasteiger partial charge < -0.3 is 19.5 Å². The number of nitrogens with one attached hydrogen (secondary N) is 1. The molecule has 9 heteroatoms. The number of fused-ring (bicyclic) bond motifs is 1. The largest absolute Gasteiger partial charge is 0.485 e. The first-order valence-electron chi connectivity index (χ1n) is 9.93. The van der Waals surface area contributed by atoms with Crippen LogP contribution in [0.25, 0.3) is 0 Å². The lowest BCUT2D eigenvalue weighted by molar-refractivity contribution is -0.164. The van der Waals surface area contributed by atoms with E-state index in [1.165, 1.54) is 12.1 Å². The van der Waals surface area contributed by atoms with E-state index in [1.54, 1.807) is 54.6 Å². The summed E-state index contributed by atoms with van der Waals surface area (Å²) in [6, 6.07) is 19.1. The highest BCUT2D eigenvalue weighted by Crippen LogP contribution is 2.33. The highest BCUT2D eigenvalue weighted by atomic mass is 19.4. The summed E-state index contributed by atoms with van der Waals surface area (Å²) in [5, 5.41) is 2.39. The maximum atomic E-state index is 13.0. The molecule has 0 bridgehead atoms. The molecule has 0 spiro atoms. The number of carbonyl (C=O) groups is 2. The number of anilines is 1. The average molecular weight is 457 g/mol. The number of ether oxygens (including phenoxy) is 3. The van der Waals surface area contributed by atoms with Crippen LogP contribution in [0.1, 0.15) is 17.2 Å². The summed E-state index contributed by atoms with van der Waals surface area (Å²) in [6.07, 6.45) is -7.11. The summed E-state index contributed by atoms with van der Waals surface area (Å²) < 4.78 is 55.6. The van der Waals surface area contributed by atoms with Crippen molar-refractivity contribution in [2.24, 2.45) is 0 Å². The van der Waals surface area contributed by atoms with Crippen molar-refractivity contribution in [3.05, 3.63) is 90.0 Å². The number of amides is 1. The topological polar surface area (TPSA) is 73.9 Å². The van der Waals surface area contributed by atoms with Gasteiger partial charge in [-0.15, -0.1) is 0 Å². The van der Waals surface area contributed by atoms with Gasteiger partial charge in [0.15, 0.2) is 11.5 Å². The second-order valence-electron chi connectivity index (χ2n) is 7.16. The third kappa shape index (κ3) is 5.25. The van der Waals surface area contributed by atoms with Gasteiger partial charge >= 0.3 is 12.1 Å². The van der Waals surface area contributed by atoms with Crippen molar-refractivity contribution in [1.82, 2.24) is 0 Å². The van der Waals surface area contributed by atoms with Crippen molar-refractivity contribution in [2.45, 2.75) is 18.4 Å². The van der Waals surface area contributed by atoms with Gasteiger partial charge in [-0.1, -0.05) is 48.5 Å². The minimum Gasteiger partial charge on any atom is -0.485 e.